The Bertz CT molecular complexity index is 355. The molecule has 1 aliphatic heterocycles. The minimum Gasteiger partial charge on any atom is -0.448 e. The van der Waals surface area contributed by atoms with Crippen LogP contribution < -0.4 is 0 Å². The van der Waals surface area contributed by atoms with Gasteiger partial charge in [-0.3, -0.25) is 0 Å². The number of hydrogen-bond donors (Lipinski definition) is 0. The van der Waals surface area contributed by atoms with E-state index in [0.29, 0.717) is 12.8 Å². The number of nitrogens with zero attached hydrogens (tertiary/aromatic N) is 2. The molecule has 20 heavy (non-hydrogen) atoms. The molecule has 6 nitrogen and oxygen atoms in total. The van der Waals surface area contributed by atoms with Gasteiger partial charge in [0.1, 0.15) is 0 Å². The van der Waals surface area contributed by atoms with Crippen molar-refractivity contribution in [3.63, 3.8) is 0 Å². The predicted molar refractivity (Wildman–Crippen MR) is 56.9 cm³/mol. The number of amides is 2. The van der Waals surface area contributed by atoms with Crippen LogP contribution in [0, 0.1) is 0 Å². The summed E-state index contributed by atoms with van der Waals surface area (Å²) in [7, 11) is 0. The molecule has 0 aromatic rings. The fraction of sp³-hybridized carbons (Fsp3) is 0.800. The molecule has 1 aliphatic rings. The number of ether oxygens (including phenoxy) is 2. The smallest absolute Gasteiger partial charge is 0.434 e. The van der Waals surface area contributed by atoms with E-state index >= 15 is 0 Å². The number of halogens is 4. The summed E-state index contributed by atoms with van der Waals surface area (Å²) in [5.74, 6) is 0. The molecule has 0 aromatic heterocycles. The van der Waals surface area contributed by atoms with Crippen LogP contribution >= 0.6 is 0 Å². The van der Waals surface area contributed by atoms with Crippen molar-refractivity contribution in [3.8, 4) is 0 Å². The minimum atomic E-state index is -4.84. The summed E-state index contributed by atoms with van der Waals surface area (Å²) in [6, 6.07) is -9.69. The molecule has 0 spiro atoms. The first-order chi connectivity index (χ1) is 9.21. The van der Waals surface area contributed by atoms with Crippen LogP contribution in [-0.2, 0) is 9.47 Å². The summed E-state index contributed by atoms with van der Waals surface area (Å²) < 4.78 is 61.5. The van der Waals surface area contributed by atoms with Gasteiger partial charge in [0, 0.05) is 0 Å². The Labute approximate surface area is 112 Å². The van der Waals surface area contributed by atoms with Gasteiger partial charge in [-0.1, -0.05) is 13.8 Å². The molecule has 0 N–H and O–H groups in total. The van der Waals surface area contributed by atoms with E-state index in [1.165, 1.54) is 0 Å². The Balaban J connectivity index is 2.88. The summed E-state index contributed by atoms with van der Waals surface area (Å²) in [6.45, 7) is 2.69. The molecule has 0 atom stereocenters. The molecular weight excluding hydrogens is 288 g/mol. The zero-order chi connectivity index (χ0) is 15.6. The SMILES string of the molecule is CCCOC(=O)N1N(C(=O)OCCC)C(F)(F)C1(F)F. The van der Waals surface area contributed by atoms with E-state index in [9.17, 15) is 27.2 Å². The van der Waals surface area contributed by atoms with Gasteiger partial charge in [0.2, 0.25) is 0 Å². The van der Waals surface area contributed by atoms with Crippen LogP contribution in [0.4, 0.5) is 27.2 Å². The van der Waals surface area contributed by atoms with Crippen LogP contribution in [0.3, 0.4) is 0 Å². The largest absolute Gasteiger partial charge is 0.448 e. The number of carbonyl (C=O) groups is 2. The zero-order valence-electron chi connectivity index (χ0n) is 10.9. The average molecular weight is 302 g/mol. The molecule has 10 heteroatoms. The van der Waals surface area contributed by atoms with E-state index in [-0.39, 0.29) is 13.2 Å². The van der Waals surface area contributed by atoms with Gasteiger partial charge in [0.25, 0.3) is 0 Å². The fourth-order valence-corrected chi connectivity index (χ4v) is 1.35. The van der Waals surface area contributed by atoms with E-state index in [1.807, 2.05) is 0 Å². The molecule has 1 heterocycles. The number of hydrogen-bond acceptors (Lipinski definition) is 4. The summed E-state index contributed by atoms with van der Waals surface area (Å²) in [5.41, 5.74) is 0. The molecule has 0 aliphatic carbocycles. The molecule has 116 valence electrons. The van der Waals surface area contributed by atoms with E-state index in [1.54, 1.807) is 13.8 Å². The van der Waals surface area contributed by atoms with Crippen molar-refractivity contribution in [3.05, 3.63) is 0 Å². The van der Waals surface area contributed by atoms with Crippen molar-refractivity contribution in [1.82, 2.24) is 10.0 Å². The van der Waals surface area contributed by atoms with Crippen molar-refractivity contribution in [1.29, 1.82) is 0 Å². The van der Waals surface area contributed by atoms with Gasteiger partial charge in [-0.25, -0.2) is 9.59 Å². The molecule has 0 saturated carbocycles. The Kier molecular flexibility index (Phi) is 4.66. The van der Waals surface area contributed by atoms with Crippen LogP contribution in [-0.4, -0.2) is 47.5 Å². The summed E-state index contributed by atoms with van der Waals surface area (Å²) in [6.07, 6.45) is -2.86. The molecule has 1 saturated heterocycles. The summed E-state index contributed by atoms with van der Waals surface area (Å²) in [4.78, 5) is 22.6. The van der Waals surface area contributed by atoms with E-state index in [2.05, 4.69) is 9.47 Å². The topological polar surface area (TPSA) is 59.1 Å². The average Bonchev–Trinajstić information content (AvgIpc) is 2.38. The van der Waals surface area contributed by atoms with Gasteiger partial charge in [0.05, 0.1) is 13.2 Å². The van der Waals surface area contributed by atoms with E-state index in [0.717, 1.165) is 0 Å². The maximum Gasteiger partial charge on any atom is 0.434 e. The van der Waals surface area contributed by atoms with Gasteiger partial charge >= 0.3 is 24.3 Å². The Morgan fingerprint density at radius 2 is 1.15 bits per heavy atom. The molecule has 2 amide bonds. The maximum atomic E-state index is 13.2. The van der Waals surface area contributed by atoms with Gasteiger partial charge in [-0.2, -0.15) is 17.6 Å². The maximum absolute atomic E-state index is 13.2. The molecule has 1 fully saturated rings. The van der Waals surface area contributed by atoms with Gasteiger partial charge in [-0.05, 0) is 12.8 Å². The number of hydrazine groups is 1. The quantitative estimate of drug-likeness (QED) is 0.592. The Morgan fingerprint density at radius 1 is 0.850 bits per heavy atom. The predicted octanol–water partition coefficient (Wildman–Crippen LogP) is 2.80. The molecule has 0 aromatic carbocycles. The fourth-order valence-electron chi connectivity index (χ4n) is 1.35. The van der Waals surface area contributed by atoms with E-state index < -0.39 is 34.3 Å². The standard InChI is InChI=1S/C10H14F4N2O4/c1-3-5-19-7(17)15-9(11,12)10(13,14)16(15)8(18)20-6-4-2/h3-6H2,1-2H3. The van der Waals surface area contributed by atoms with Gasteiger partial charge < -0.3 is 9.47 Å². The lowest BCUT2D eigenvalue weighted by Crippen LogP contribution is -2.82. The molecular formula is C10H14F4N2O4. The normalized spacial score (nSPS) is 19.3. The molecule has 0 bridgehead atoms. The monoisotopic (exact) mass is 302 g/mol. The van der Waals surface area contributed by atoms with Crippen molar-refractivity contribution in [2.75, 3.05) is 13.2 Å². The first-order valence-electron chi connectivity index (χ1n) is 5.91. The third kappa shape index (κ3) is 2.46. The summed E-state index contributed by atoms with van der Waals surface area (Å²) in [5, 5.41) is -1.47. The third-order valence-electron chi connectivity index (χ3n) is 2.30. The van der Waals surface area contributed by atoms with Crippen molar-refractivity contribution in [2.45, 2.75) is 38.8 Å². The highest BCUT2D eigenvalue weighted by atomic mass is 19.3. The van der Waals surface area contributed by atoms with Crippen LogP contribution in [0.1, 0.15) is 26.7 Å². The molecule has 1 rings (SSSR count). The van der Waals surface area contributed by atoms with Crippen molar-refractivity contribution < 1.29 is 36.6 Å². The lowest BCUT2D eigenvalue weighted by Gasteiger charge is -2.52. The third-order valence-corrected chi connectivity index (χ3v) is 2.30. The lowest BCUT2D eigenvalue weighted by atomic mass is 10.3. The zero-order valence-corrected chi connectivity index (χ0v) is 10.9. The number of carbonyl (C=O) groups excluding carboxylic acids is 2. The Hall–Kier alpha value is -1.74. The molecule has 0 unspecified atom stereocenters. The first kappa shape index (κ1) is 16.3. The lowest BCUT2D eigenvalue weighted by molar-refractivity contribution is -0.471. The van der Waals surface area contributed by atoms with Crippen molar-refractivity contribution >= 4 is 12.2 Å². The number of alkyl halides is 4. The van der Waals surface area contributed by atoms with Crippen LogP contribution in [0.2, 0.25) is 0 Å². The van der Waals surface area contributed by atoms with Crippen LogP contribution in [0.25, 0.3) is 0 Å². The second kappa shape index (κ2) is 5.71. The summed E-state index contributed by atoms with van der Waals surface area (Å²) >= 11 is 0. The highest BCUT2D eigenvalue weighted by Gasteiger charge is 2.82. The highest BCUT2D eigenvalue weighted by Crippen LogP contribution is 2.51. The van der Waals surface area contributed by atoms with Crippen LogP contribution in [0.5, 0.6) is 0 Å². The second-order valence-electron chi connectivity index (χ2n) is 3.93. The van der Waals surface area contributed by atoms with E-state index in [4.69, 9.17) is 0 Å². The van der Waals surface area contributed by atoms with Crippen LogP contribution in [0.15, 0.2) is 0 Å². The second-order valence-corrected chi connectivity index (χ2v) is 3.93. The Morgan fingerprint density at radius 3 is 1.40 bits per heavy atom. The van der Waals surface area contributed by atoms with Gasteiger partial charge in [0.15, 0.2) is 0 Å². The first-order valence-corrected chi connectivity index (χ1v) is 5.91. The molecule has 0 radical (unpaired) electrons. The van der Waals surface area contributed by atoms with Crippen molar-refractivity contribution in [2.24, 2.45) is 0 Å². The van der Waals surface area contributed by atoms with Gasteiger partial charge in [-0.15, -0.1) is 10.0 Å². The number of rotatable bonds is 4. The highest BCUT2D eigenvalue weighted by molar-refractivity contribution is 5.77. The minimum absolute atomic E-state index is 0.241.